The number of nitrogens with one attached hydrogen (secondary N) is 1. The lowest BCUT2D eigenvalue weighted by molar-refractivity contribution is -0.125. The molecule has 1 aromatic carbocycles. The summed E-state index contributed by atoms with van der Waals surface area (Å²) in [6, 6.07) is 8.58. The van der Waals surface area contributed by atoms with Gasteiger partial charge in [-0.05, 0) is 49.9 Å². The van der Waals surface area contributed by atoms with Gasteiger partial charge < -0.3 is 14.5 Å². The summed E-state index contributed by atoms with van der Waals surface area (Å²) in [5, 5.41) is 13.0. The van der Waals surface area contributed by atoms with Crippen LogP contribution in [0.1, 0.15) is 30.3 Å². The van der Waals surface area contributed by atoms with E-state index in [4.69, 9.17) is 20.8 Å². The second-order valence-electron chi connectivity index (χ2n) is 6.01. The van der Waals surface area contributed by atoms with Gasteiger partial charge in [0.1, 0.15) is 11.1 Å². The van der Waals surface area contributed by atoms with Crippen LogP contribution >= 0.6 is 11.6 Å². The molecular formula is C17H15ClN2O4. The van der Waals surface area contributed by atoms with Crippen LogP contribution in [0.15, 0.2) is 28.7 Å². The molecule has 1 fully saturated rings. The number of fused-ring (bicyclic) bond motifs is 1. The maximum Gasteiger partial charge on any atom is 0.374 e. The van der Waals surface area contributed by atoms with E-state index in [0.717, 1.165) is 12.8 Å². The first-order valence-electron chi connectivity index (χ1n) is 7.50. The van der Waals surface area contributed by atoms with E-state index in [-0.39, 0.29) is 11.7 Å². The van der Waals surface area contributed by atoms with Crippen molar-refractivity contribution in [3.8, 4) is 6.07 Å². The molecule has 1 N–H and O–H groups in total. The third kappa shape index (κ3) is 3.36. The van der Waals surface area contributed by atoms with E-state index in [2.05, 4.69) is 11.4 Å². The van der Waals surface area contributed by atoms with Crippen molar-refractivity contribution >= 4 is 34.4 Å². The maximum absolute atomic E-state index is 12.0. The van der Waals surface area contributed by atoms with Gasteiger partial charge in [0, 0.05) is 10.4 Å². The van der Waals surface area contributed by atoms with Crippen LogP contribution in [0, 0.1) is 17.2 Å². The topological polar surface area (TPSA) is 92.3 Å². The minimum atomic E-state index is -0.917. The zero-order valence-corrected chi connectivity index (χ0v) is 13.7. The highest BCUT2D eigenvalue weighted by molar-refractivity contribution is 6.31. The number of esters is 1. The largest absolute Gasteiger partial charge is 0.450 e. The van der Waals surface area contributed by atoms with Gasteiger partial charge in [-0.1, -0.05) is 11.6 Å². The van der Waals surface area contributed by atoms with Crippen LogP contribution in [0.2, 0.25) is 5.02 Å². The number of halogens is 1. The monoisotopic (exact) mass is 346 g/mol. The summed E-state index contributed by atoms with van der Waals surface area (Å²) in [4.78, 5) is 23.9. The zero-order valence-electron chi connectivity index (χ0n) is 13.0. The van der Waals surface area contributed by atoms with Crippen molar-refractivity contribution in [1.82, 2.24) is 5.32 Å². The van der Waals surface area contributed by atoms with Crippen LogP contribution in [0.25, 0.3) is 11.0 Å². The van der Waals surface area contributed by atoms with Crippen molar-refractivity contribution in [2.24, 2.45) is 5.92 Å². The number of nitriles is 1. The molecule has 7 heteroatoms. The van der Waals surface area contributed by atoms with Crippen LogP contribution in [0.3, 0.4) is 0 Å². The Morgan fingerprint density at radius 1 is 1.46 bits per heavy atom. The Hall–Kier alpha value is -2.52. The second kappa shape index (κ2) is 6.17. The molecule has 1 atom stereocenters. The zero-order chi connectivity index (χ0) is 17.3. The van der Waals surface area contributed by atoms with Crippen LogP contribution in [-0.2, 0) is 9.53 Å². The number of furan rings is 1. The summed E-state index contributed by atoms with van der Waals surface area (Å²) in [6.07, 6.45) is 1.82. The highest BCUT2D eigenvalue weighted by Crippen LogP contribution is 2.39. The van der Waals surface area contributed by atoms with Crippen molar-refractivity contribution in [1.29, 1.82) is 5.26 Å². The summed E-state index contributed by atoms with van der Waals surface area (Å²) in [7, 11) is 0. The molecule has 1 saturated carbocycles. The average molecular weight is 347 g/mol. The molecule has 24 heavy (non-hydrogen) atoms. The molecular weight excluding hydrogens is 332 g/mol. The van der Waals surface area contributed by atoms with Gasteiger partial charge in [0.15, 0.2) is 6.61 Å². The van der Waals surface area contributed by atoms with Crippen LogP contribution in [-0.4, -0.2) is 24.0 Å². The average Bonchev–Trinajstić information content (AvgIpc) is 3.33. The fourth-order valence-corrected chi connectivity index (χ4v) is 2.71. The molecule has 3 rings (SSSR count). The fraction of sp³-hybridized carbons (Fsp3) is 0.353. The summed E-state index contributed by atoms with van der Waals surface area (Å²) >= 11 is 5.88. The Kier molecular flexibility index (Phi) is 4.20. The summed E-state index contributed by atoms with van der Waals surface area (Å²) in [5.41, 5.74) is -0.416. The van der Waals surface area contributed by atoms with E-state index in [0.29, 0.717) is 16.0 Å². The van der Waals surface area contributed by atoms with Gasteiger partial charge in [-0.3, -0.25) is 4.79 Å². The molecule has 1 heterocycles. The van der Waals surface area contributed by atoms with Crippen molar-refractivity contribution in [2.45, 2.75) is 25.3 Å². The maximum atomic E-state index is 12.0. The lowest BCUT2D eigenvalue weighted by Gasteiger charge is -2.22. The first-order valence-corrected chi connectivity index (χ1v) is 7.87. The quantitative estimate of drug-likeness (QED) is 0.840. The molecule has 1 amide bonds. The minimum Gasteiger partial charge on any atom is -0.450 e. The number of ether oxygens (including phenoxy) is 1. The van der Waals surface area contributed by atoms with Crippen LogP contribution in [0.4, 0.5) is 0 Å². The van der Waals surface area contributed by atoms with Gasteiger partial charge >= 0.3 is 5.97 Å². The Bertz CT molecular complexity index is 850. The summed E-state index contributed by atoms with van der Waals surface area (Å²) in [6.45, 7) is 1.20. The number of hydrogen-bond donors (Lipinski definition) is 1. The number of rotatable bonds is 5. The molecule has 0 spiro atoms. The van der Waals surface area contributed by atoms with Crippen molar-refractivity contribution in [3.63, 3.8) is 0 Å². The molecule has 0 bridgehead atoms. The van der Waals surface area contributed by atoms with Gasteiger partial charge in [-0.2, -0.15) is 5.26 Å². The number of amides is 1. The van der Waals surface area contributed by atoms with Crippen molar-refractivity contribution < 1.29 is 18.7 Å². The SMILES string of the molecule is C[C@](C#N)(NC(=O)COC(=O)c1cc2cc(Cl)ccc2o1)C1CC1. The molecule has 0 radical (unpaired) electrons. The highest BCUT2D eigenvalue weighted by Gasteiger charge is 2.43. The molecule has 0 unspecified atom stereocenters. The molecule has 2 aromatic rings. The third-order valence-corrected chi connectivity index (χ3v) is 4.27. The molecule has 1 aliphatic rings. The Morgan fingerprint density at radius 3 is 2.88 bits per heavy atom. The Balaban J connectivity index is 1.60. The predicted molar refractivity (Wildman–Crippen MR) is 86.4 cm³/mol. The van der Waals surface area contributed by atoms with Crippen LogP contribution in [0.5, 0.6) is 0 Å². The summed E-state index contributed by atoms with van der Waals surface area (Å²) < 4.78 is 10.3. The highest BCUT2D eigenvalue weighted by atomic mass is 35.5. The Morgan fingerprint density at radius 2 is 2.21 bits per heavy atom. The van der Waals surface area contributed by atoms with E-state index < -0.39 is 24.0 Å². The normalized spacial score (nSPS) is 16.2. The van der Waals surface area contributed by atoms with Gasteiger partial charge in [-0.15, -0.1) is 0 Å². The lowest BCUT2D eigenvalue weighted by atomic mass is 9.98. The molecule has 1 aromatic heterocycles. The van der Waals surface area contributed by atoms with Crippen LogP contribution < -0.4 is 5.32 Å². The number of carbonyl (C=O) groups is 2. The minimum absolute atomic E-state index is 0.00898. The fourth-order valence-electron chi connectivity index (χ4n) is 2.52. The summed E-state index contributed by atoms with van der Waals surface area (Å²) in [5.74, 6) is -1.12. The molecule has 6 nitrogen and oxygen atoms in total. The number of nitrogens with zero attached hydrogens (tertiary/aromatic N) is 1. The van der Waals surface area contributed by atoms with E-state index in [1.807, 2.05) is 0 Å². The van der Waals surface area contributed by atoms with E-state index in [9.17, 15) is 14.9 Å². The van der Waals surface area contributed by atoms with Gasteiger partial charge in [0.2, 0.25) is 5.76 Å². The first-order chi connectivity index (χ1) is 11.4. The third-order valence-electron chi connectivity index (χ3n) is 4.04. The van der Waals surface area contributed by atoms with Crippen molar-refractivity contribution in [2.75, 3.05) is 6.61 Å². The predicted octanol–water partition coefficient (Wildman–Crippen LogP) is 3.05. The number of carbonyl (C=O) groups excluding carboxylic acids is 2. The smallest absolute Gasteiger partial charge is 0.374 e. The molecule has 0 aliphatic heterocycles. The second-order valence-corrected chi connectivity index (χ2v) is 6.44. The first kappa shape index (κ1) is 16.3. The Labute approximate surface area is 143 Å². The van der Waals surface area contributed by atoms with Gasteiger partial charge in [0.05, 0.1) is 6.07 Å². The molecule has 1 aliphatic carbocycles. The van der Waals surface area contributed by atoms with Crippen molar-refractivity contribution in [3.05, 3.63) is 35.0 Å². The van der Waals surface area contributed by atoms with Gasteiger partial charge in [-0.25, -0.2) is 4.79 Å². The number of benzene rings is 1. The number of hydrogen-bond acceptors (Lipinski definition) is 5. The van der Waals surface area contributed by atoms with E-state index >= 15 is 0 Å². The lowest BCUT2D eigenvalue weighted by Crippen LogP contribution is -2.48. The van der Waals surface area contributed by atoms with Gasteiger partial charge in [0.25, 0.3) is 5.91 Å². The van der Waals surface area contributed by atoms with E-state index in [1.54, 1.807) is 25.1 Å². The van der Waals surface area contributed by atoms with E-state index in [1.165, 1.54) is 6.07 Å². The molecule has 0 saturated heterocycles. The molecule has 124 valence electrons. The standard InChI is InChI=1S/C17H15ClN2O4/c1-17(9-19,11-2-3-11)20-15(21)8-23-16(22)14-7-10-6-12(18)4-5-13(10)24-14/h4-7,11H,2-3,8H2,1H3,(H,20,21)/t17-/m1/s1.